The van der Waals surface area contributed by atoms with Crippen LogP contribution < -0.4 is 5.32 Å². The van der Waals surface area contributed by atoms with Crippen LogP contribution in [0.1, 0.15) is 73.9 Å². The van der Waals surface area contributed by atoms with Crippen LogP contribution in [0, 0.1) is 25.2 Å². The lowest BCUT2D eigenvalue weighted by Crippen LogP contribution is -2.49. The van der Waals surface area contributed by atoms with Gasteiger partial charge >= 0.3 is 5.97 Å². The lowest BCUT2D eigenvalue weighted by atomic mass is 9.72. The number of esters is 1. The predicted octanol–water partition coefficient (Wildman–Crippen LogP) is 4.15. The summed E-state index contributed by atoms with van der Waals surface area (Å²) in [6.07, 6.45) is 5.12. The summed E-state index contributed by atoms with van der Waals surface area (Å²) < 4.78 is 7.67. The van der Waals surface area contributed by atoms with Gasteiger partial charge < -0.3 is 19.5 Å². The highest BCUT2D eigenvalue weighted by atomic mass is 16.5. The van der Waals surface area contributed by atoms with Gasteiger partial charge in [0.2, 0.25) is 5.91 Å². The topological polar surface area (TPSA) is 104 Å². The third-order valence-corrected chi connectivity index (χ3v) is 7.93. The number of nitrogens with one attached hydrogen (secondary N) is 1. The molecule has 0 atom stereocenters. The van der Waals surface area contributed by atoms with Crippen molar-refractivity contribution in [2.75, 3.05) is 25.0 Å². The minimum absolute atomic E-state index is 0.0199. The maximum atomic E-state index is 13.4. The quantitative estimate of drug-likeness (QED) is 0.613. The molecule has 0 spiro atoms. The molecule has 2 aliphatic rings. The molecule has 8 heteroatoms. The molecule has 2 fully saturated rings. The van der Waals surface area contributed by atoms with Gasteiger partial charge in [0.15, 0.2) is 6.61 Å². The molecule has 36 heavy (non-hydrogen) atoms. The number of anilines is 1. The molecule has 1 N–H and O–H groups in total. The molecule has 1 aromatic heterocycles. The number of amides is 2. The third-order valence-electron chi connectivity index (χ3n) is 7.93. The summed E-state index contributed by atoms with van der Waals surface area (Å²) >= 11 is 0. The summed E-state index contributed by atoms with van der Waals surface area (Å²) in [6, 6.07) is 11.9. The fourth-order valence-corrected chi connectivity index (χ4v) is 5.71. The average molecular weight is 491 g/mol. The Morgan fingerprint density at radius 3 is 2.33 bits per heavy atom. The van der Waals surface area contributed by atoms with Crippen molar-refractivity contribution in [2.24, 2.45) is 0 Å². The van der Waals surface area contributed by atoms with Crippen molar-refractivity contribution in [1.82, 2.24) is 9.47 Å². The number of piperidine rings is 1. The van der Waals surface area contributed by atoms with Crippen LogP contribution in [0.15, 0.2) is 30.3 Å². The van der Waals surface area contributed by atoms with Crippen molar-refractivity contribution in [3.8, 4) is 6.07 Å². The Hall–Kier alpha value is -3.60. The van der Waals surface area contributed by atoms with E-state index in [2.05, 4.69) is 16.0 Å². The van der Waals surface area contributed by atoms with Gasteiger partial charge in [0, 0.05) is 31.7 Å². The zero-order chi connectivity index (χ0) is 25.9. The van der Waals surface area contributed by atoms with E-state index in [0.717, 1.165) is 42.5 Å². The van der Waals surface area contributed by atoms with Crippen molar-refractivity contribution in [3.63, 3.8) is 0 Å². The number of nitrogens with zero attached hydrogens (tertiary/aromatic N) is 3. The van der Waals surface area contributed by atoms with Crippen molar-refractivity contribution in [2.45, 2.75) is 70.8 Å². The van der Waals surface area contributed by atoms with Crippen molar-refractivity contribution in [1.29, 1.82) is 5.26 Å². The van der Waals surface area contributed by atoms with Crippen LogP contribution in [0.3, 0.4) is 0 Å². The number of aromatic nitrogens is 1. The summed E-state index contributed by atoms with van der Waals surface area (Å²) in [5.74, 6) is -0.464. The maximum absolute atomic E-state index is 13.4. The molecule has 0 unspecified atom stereocenters. The molecular formula is C28H34N4O4. The predicted molar refractivity (Wildman–Crippen MR) is 135 cm³/mol. The number of carbonyl (C=O) groups is 3. The second kappa shape index (κ2) is 10.6. The fourth-order valence-electron chi connectivity index (χ4n) is 5.71. The Morgan fingerprint density at radius 1 is 1.11 bits per heavy atom. The van der Waals surface area contributed by atoms with Gasteiger partial charge in [-0.25, -0.2) is 0 Å². The molecule has 1 saturated heterocycles. The third kappa shape index (κ3) is 4.75. The van der Waals surface area contributed by atoms with E-state index < -0.39 is 23.9 Å². The number of hydrogen-bond acceptors (Lipinski definition) is 5. The van der Waals surface area contributed by atoms with Crippen LogP contribution >= 0.6 is 0 Å². The van der Waals surface area contributed by atoms with Gasteiger partial charge in [-0.3, -0.25) is 14.4 Å². The van der Waals surface area contributed by atoms with Gasteiger partial charge in [0.25, 0.3) is 5.91 Å². The summed E-state index contributed by atoms with van der Waals surface area (Å²) in [6.45, 7) is 5.85. The number of nitriles is 1. The smallest absolute Gasteiger partial charge is 0.317 e. The summed E-state index contributed by atoms with van der Waals surface area (Å²) in [5.41, 5.74) is 2.20. The lowest BCUT2D eigenvalue weighted by molar-refractivity contribution is -0.156. The van der Waals surface area contributed by atoms with Crippen LogP contribution in [0.25, 0.3) is 0 Å². The number of rotatable bonds is 6. The van der Waals surface area contributed by atoms with Gasteiger partial charge in [0.05, 0.1) is 11.0 Å². The molecule has 0 bridgehead atoms. The van der Waals surface area contributed by atoms with Crippen molar-refractivity contribution in [3.05, 3.63) is 52.7 Å². The largest absolute Gasteiger partial charge is 0.455 e. The van der Waals surface area contributed by atoms with Crippen molar-refractivity contribution < 1.29 is 19.1 Å². The SMILES string of the molecule is CC(=O)N1CCC(C(=O)OCC(=O)Nc2c(C#N)c(C)c(C)n2C2CCCC2)(c2ccccc2)CC1. The van der Waals surface area contributed by atoms with E-state index in [1.54, 1.807) is 4.90 Å². The molecule has 1 aromatic carbocycles. The normalized spacial score (nSPS) is 17.4. The lowest BCUT2D eigenvalue weighted by Gasteiger charge is -2.40. The minimum atomic E-state index is -0.914. The van der Waals surface area contributed by atoms with E-state index in [9.17, 15) is 19.6 Å². The summed E-state index contributed by atoms with van der Waals surface area (Å²) in [4.78, 5) is 40.0. The zero-order valence-electron chi connectivity index (χ0n) is 21.3. The highest BCUT2D eigenvalue weighted by Crippen LogP contribution is 2.39. The molecule has 0 radical (unpaired) electrons. The first-order valence-corrected chi connectivity index (χ1v) is 12.7. The first-order chi connectivity index (χ1) is 17.3. The maximum Gasteiger partial charge on any atom is 0.317 e. The van der Waals surface area contributed by atoms with Gasteiger partial charge in [-0.1, -0.05) is 43.2 Å². The Balaban J connectivity index is 1.50. The van der Waals surface area contributed by atoms with Crippen LogP contribution in [0.5, 0.6) is 0 Å². The number of hydrogen-bond donors (Lipinski definition) is 1. The highest BCUT2D eigenvalue weighted by molar-refractivity contribution is 5.95. The van der Waals surface area contributed by atoms with Gasteiger partial charge in [-0.2, -0.15) is 5.26 Å². The second-order valence-corrected chi connectivity index (χ2v) is 9.93. The van der Waals surface area contributed by atoms with Crippen LogP contribution in [-0.2, 0) is 24.5 Å². The average Bonchev–Trinajstić information content (AvgIpc) is 3.49. The minimum Gasteiger partial charge on any atom is -0.455 e. The monoisotopic (exact) mass is 490 g/mol. The molecular weight excluding hydrogens is 456 g/mol. The van der Waals surface area contributed by atoms with Gasteiger partial charge in [-0.15, -0.1) is 0 Å². The van der Waals surface area contributed by atoms with Gasteiger partial charge in [-0.05, 0) is 50.7 Å². The van der Waals surface area contributed by atoms with Crippen LogP contribution in [0.4, 0.5) is 5.82 Å². The molecule has 4 rings (SSSR count). The summed E-state index contributed by atoms with van der Waals surface area (Å²) in [5, 5.41) is 12.6. The van der Waals surface area contributed by atoms with E-state index in [0.29, 0.717) is 37.3 Å². The standard InChI is InChI=1S/C28H34N4O4/c1-19-20(2)32(23-11-7-8-12-23)26(24(19)17-29)30-25(34)18-36-27(35)28(22-9-5-4-6-10-22)13-15-31(16-14-28)21(3)33/h4-6,9-10,23H,7-8,11-16,18H2,1-3H3,(H,30,34). The highest BCUT2D eigenvalue weighted by Gasteiger charge is 2.45. The number of likely N-dealkylation sites (tertiary alicyclic amines) is 1. The van der Waals surface area contributed by atoms with E-state index in [4.69, 9.17) is 4.74 Å². The first-order valence-electron chi connectivity index (χ1n) is 12.7. The number of benzene rings is 1. The summed E-state index contributed by atoms with van der Waals surface area (Å²) in [7, 11) is 0. The number of carbonyl (C=O) groups excluding carboxylic acids is 3. The van der Waals surface area contributed by atoms with Crippen molar-refractivity contribution >= 4 is 23.6 Å². The van der Waals surface area contributed by atoms with E-state index >= 15 is 0 Å². The fraction of sp³-hybridized carbons (Fsp3) is 0.500. The molecule has 8 nitrogen and oxygen atoms in total. The second-order valence-electron chi connectivity index (χ2n) is 9.93. The first kappa shape index (κ1) is 25.5. The number of ether oxygens (including phenoxy) is 1. The Bertz CT molecular complexity index is 1180. The van der Waals surface area contributed by atoms with Crippen LogP contribution in [0.2, 0.25) is 0 Å². The zero-order valence-corrected chi connectivity index (χ0v) is 21.3. The Kier molecular flexibility index (Phi) is 7.48. The van der Waals surface area contributed by atoms with E-state index in [1.165, 1.54) is 6.92 Å². The molecule has 1 aliphatic heterocycles. The van der Waals surface area contributed by atoms with Gasteiger partial charge in [0.1, 0.15) is 11.9 Å². The molecule has 2 heterocycles. The Labute approximate surface area is 212 Å². The molecule has 1 aliphatic carbocycles. The molecule has 2 amide bonds. The van der Waals surface area contributed by atoms with E-state index in [-0.39, 0.29) is 11.9 Å². The van der Waals surface area contributed by atoms with E-state index in [1.807, 2.05) is 44.2 Å². The Morgan fingerprint density at radius 2 is 1.75 bits per heavy atom. The molecule has 1 saturated carbocycles. The molecule has 190 valence electrons. The van der Waals surface area contributed by atoms with Crippen LogP contribution in [-0.4, -0.2) is 46.9 Å². The molecule has 2 aromatic rings.